The predicted molar refractivity (Wildman–Crippen MR) is 94.3 cm³/mol. The van der Waals surface area contributed by atoms with Crippen molar-refractivity contribution in [3.63, 3.8) is 0 Å². The molecule has 2 N–H and O–H groups in total. The van der Waals surface area contributed by atoms with E-state index in [-0.39, 0.29) is 11.8 Å². The second-order valence-corrected chi connectivity index (χ2v) is 5.15. The van der Waals surface area contributed by atoms with Gasteiger partial charge in [-0.3, -0.25) is 9.59 Å². The van der Waals surface area contributed by atoms with Crippen molar-refractivity contribution >= 4 is 29.0 Å². The lowest BCUT2D eigenvalue weighted by atomic mass is 10.2. The summed E-state index contributed by atoms with van der Waals surface area (Å²) in [7, 11) is 0. The molecule has 0 unspecified atom stereocenters. The molecule has 0 aliphatic carbocycles. The molecule has 7 heteroatoms. The lowest BCUT2D eigenvalue weighted by Crippen LogP contribution is -2.24. The fourth-order valence-corrected chi connectivity index (χ4v) is 2.23. The van der Waals surface area contributed by atoms with E-state index in [2.05, 4.69) is 20.6 Å². The number of nitrogens with one attached hydrogen (secondary N) is 2. The summed E-state index contributed by atoms with van der Waals surface area (Å²) in [5.74, 6) is 0.274. The summed E-state index contributed by atoms with van der Waals surface area (Å²) in [4.78, 5) is 33.6. The maximum absolute atomic E-state index is 12.3. The monoisotopic (exact) mass is 327 g/mol. The van der Waals surface area contributed by atoms with Gasteiger partial charge in [0.25, 0.3) is 5.91 Å². The highest BCUT2D eigenvalue weighted by Crippen LogP contribution is 2.15. The minimum absolute atomic E-state index is 0.142. The summed E-state index contributed by atoms with van der Waals surface area (Å²) in [6.45, 7) is 7.11. The van der Waals surface area contributed by atoms with E-state index >= 15 is 0 Å². The molecule has 0 aliphatic rings. The quantitative estimate of drug-likeness (QED) is 0.851. The first-order valence-electron chi connectivity index (χ1n) is 7.79. The molecule has 1 heterocycles. The molecule has 126 valence electrons. The first-order chi connectivity index (χ1) is 11.5. The molecule has 0 spiro atoms. The molecule has 0 saturated carbocycles. The van der Waals surface area contributed by atoms with Crippen LogP contribution in [-0.4, -0.2) is 34.9 Å². The molecule has 0 atom stereocenters. The van der Waals surface area contributed by atoms with Gasteiger partial charge in [-0.05, 0) is 38.1 Å². The van der Waals surface area contributed by atoms with Gasteiger partial charge >= 0.3 is 0 Å². The molecule has 0 saturated heterocycles. The van der Waals surface area contributed by atoms with Gasteiger partial charge in [-0.2, -0.15) is 0 Å². The van der Waals surface area contributed by atoms with Gasteiger partial charge in [0.05, 0.1) is 0 Å². The van der Waals surface area contributed by atoms with Crippen LogP contribution in [0.5, 0.6) is 0 Å². The molecular weight excluding hydrogens is 306 g/mol. The fourth-order valence-electron chi connectivity index (χ4n) is 2.23. The topological polar surface area (TPSA) is 87.2 Å². The molecular formula is C17H21N5O2. The lowest BCUT2D eigenvalue weighted by molar-refractivity contribution is -0.114. The van der Waals surface area contributed by atoms with Crippen molar-refractivity contribution in [2.24, 2.45) is 0 Å². The normalized spacial score (nSPS) is 10.1. The van der Waals surface area contributed by atoms with Crippen molar-refractivity contribution in [2.45, 2.75) is 20.8 Å². The standard InChI is InChI=1S/C17H21N5O2/c1-4-22(5-2)16-10-15(18-11-19-16)17(24)21-14-8-6-13(7-9-14)20-12(3)23/h6-11H,4-5H2,1-3H3,(H,20,23)(H,21,24). The molecule has 0 bridgehead atoms. The molecule has 0 fully saturated rings. The molecule has 2 aromatic rings. The van der Waals surface area contributed by atoms with E-state index in [1.807, 2.05) is 18.7 Å². The fraction of sp³-hybridized carbons (Fsp3) is 0.294. The van der Waals surface area contributed by atoms with Crippen molar-refractivity contribution in [1.29, 1.82) is 0 Å². The number of rotatable bonds is 6. The van der Waals surface area contributed by atoms with E-state index in [4.69, 9.17) is 0 Å². The number of nitrogens with zero attached hydrogens (tertiary/aromatic N) is 3. The number of hydrogen-bond acceptors (Lipinski definition) is 5. The Labute approximate surface area is 141 Å². The van der Waals surface area contributed by atoms with Crippen LogP contribution in [0.1, 0.15) is 31.3 Å². The number of benzene rings is 1. The van der Waals surface area contributed by atoms with Crippen molar-refractivity contribution in [3.05, 3.63) is 42.4 Å². The van der Waals surface area contributed by atoms with Crippen LogP contribution < -0.4 is 15.5 Å². The molecule has 1 aromatic heterocycles. The maximum Gasteiger partial charge on any atom is 0.274 e. The third-order valence-corrected chi connectivity index (χ3v) is 3.44. The van der Waals surface area contributed by atoms with Crippen LogP contribution in [0, 0.1) is 0 Å². The molecule has 0 aliphatic heterocycles. The largest absolute Gasteiger partial charge is 0.357 e. The third kappa shape index (κ3) is 4.52. The number of carbonyl (C=O) groups is 2. The van der Waals surface area contributed by atoms with Crippen LogP contribution in [0.4, 0.5) is 17.2 Å². The zero-order chi connectivity index (χ0) is 17.5. The number of anilines is 3. The SMILES string of the molecule is CCN(CC)c1cc(C(=O)Nc2ccc(NC(C)=O)cc2)ncn1. The van der Waals surface area contributed by atoms with E-state index in [1.165, 1.54) is 13.3 Å². The van der Waals surface area contributed by atoms with Gasteiger partial charge in [0.1, 0.15) is 17.8 Å². The minimum Gasteiger partial charge on any atom is -0.357 e. The Hall–Kier alpha value is -2.96. The Morgan fingerprint density at radius 3 is 2.12 bits per heavy atom. The molecule has 0 radical (unpaired) electrons. The summed E-state index contributed by atoms with van der Waals surface area (Å²) in [5, 5.41) is 5.45. The van der Waals surface area contributed by atoms with Crippen molar-refractivity contribution in [3.8, 4) is 0 Å². The van der Waals surface area contributed by atoms with Gasteiger partial charge in [-0.15, -0.1) is 0 Å². The predicted octanol–water partition coefficient (Wildman–Crippen LogP) is 2.53. The second-order valence-electron chi connectivity index (χ2n) is 5.15. The van der Waals surface area contributed by atoms with Gasteiger partial charge in [-0.1, -0.05) is 0 Å². The van der Waals surface area contributed by atoms with E-state index in [0.29, 0.717) is 17.1 Å². The first kappa shape index (κ1) is 17.4. The van der Waals surface area contributed by atoms with Crippen molar-refractivity contribution in [2.75, 3.05) is 28.6 Å². The summed E-state index contributed by atoms with van der Waals surface area (Å²) in [5.41, 5.74) is 1.60. The van der Waals surface area contributed by atoms with Crippen molar-refractivity contribution in [1.82, 2.24) is 9.97 Å². The van der Waals surface area contributed by atoms with Crippen LogP contribution in [0.3, 0.4) is 0 Å². The first-order valence-corrected chi connectivity index (χ1v) is 7.79. The summed E-state index contributed by atoms with van der Waals surface area (Å²) >= 11 is 0. The summed E-state index contributed by atoms with van der Waals surface area (Å²) in [6.07, 6.45) is 1.39. The van der Waals surface area contributed by atoms with Crippen LogP contribution >= 0.6 is 0 Å². The molecule has 2 rings (SSSR count). The average Bonchev–Trinajstić information content (AvgIpc) is 2.57. The van der Waals surface area contributed by atoms with E-state index in [1.54, 1.807) is 30.3 Å². The third-order valence-electron chi connectivity index (χ3n) is 3.44. The average molecular weight is 327 g/mol. The zero-order valence-electron chi connectivity index (χ0n) is 14.0. The summed E-state index contributed by atoms with van der Waals surface area (Å²) in [6, 6.07) is 8.55. The van der Waals surface area contributed by atoms with Gasteiger partial charge in [-0.25, -0.2) is 9.97 Å². The smallest absolute Gasteiger partial charge is 0.274 e. The highest BCUT2D eigenvalue weighted by atomic mass is 16.2. The van der Waals surface area contributed by atoms with Gasteiger partial charge in [0, 0.05) is 37.5 Å². The van der Waals surface area contributed by atoms with Crippen LogP contribution in [0.15, 0.2) is 36.7 Å². The molecule has 24 heavy (non-hydrogen) atoms. The Balaban J connectivity index is 2.09. The number of carbonyl (C=O) groups excluding carboxylic acids is 2. The van der Waals surface area contributed by atoms with Gasteiger partial charge < -0.3 is 15.5 Å². The van der Waals surface area contributed by atoms with Crippen LogP contribution in [0.25, 0.3) is 0 Å². The second kappa shape index (κ2) is 8.05. The summed E-state index contributed by atoms with van der Waals surface area (Å²) < 4.78 is 0. The van der Waals surface area contributed by atoms with E-state index in [0.717, 1.165) is 18.9 Å². The van der Waals surface area contributed by atoms with Crippen LogP contribution in [0.2, 0.25) is 0 Å². The molecule has 1 aromatic carbocycles. The maximum atomic E-state index is 12.3. The minimum atomic E-state index is -0.307. The van der Waals surface area contributed by atoms with E-state index in [9.17, 15) is 9.59 Å². The lowest BCUT2D eigenvalue weighted by Gasteiger charge is -2.19. The Morgan fingerprint density at radius 1 is 1.00 bits per heavy atom. The highest BCUT2D eigenvalue weighted by Gasteiger charge is 2.11. The van der Waals surface area contributed by atoms with E-state index < -0.39 is 0 Å². The van der Waals surface area contributed by atoms with Crippen molar-refractivity contribution < 1.29 is 9.59 Å². The molecule has 2 amide bonds. The Morgan fingerprint density at radius 2 is 1.58 bits per heavy atom. The molecule has 7 nitrogen and oxygen atoms in total. The van der Waals surface area contributed by atoms with Gasteiger partial charge in [0.2, 0.25) is 5.91 Å². The number of amides is 2. The highest BCUT2D eigenvalue weighted by molar-refractivity contribution is 6.03. The van der Waals surface area contributed by atoms with Gasteiger partial charge in [0.15, 0.2) is 0 Å². The number of hydrogen-bond donors (Lipinski definition) is 2. The van der Waals surface area contributed by atoms with Crippen LogP contribution in [-0.2, 0) is 4.79 Å². The zero-order valence-corrected chi connectivity index (χ0v) is 14.0. The Bertz CT molecular complexity index is 711. The number of aromatic nitrogens is 2. The Kier molecular flexibility index (Phi) is 5.83.